The second kappa shape index (κ2) is 9.85. The highest BCUT2D eigenvalue weighted by Gasteiger charge is 2.20. The van der Waals surface area contributed by atoms with Crippen molar-refractivity contribution in [3.63, 3.8) is 0 Å². The maximum absolute atomic E-state index is 10.3. The number of methoxy groups -OCH3 is 1. The molecule has 1 saturated heterocycles. The predicted octanol–water partition coefficient (Wildman–Crippen LogP) is 1.69. The molecule has 148 valence electrons. The normalized spacial score (nSPS) is 17.1. The molecule has 2 heterocycles. The summed E-state index contributed by atoms with van der Waals surface area (Å²) < 4.78 is 16.3. The van der Waals surface area contributed by atoms with Gasteiger partial charge in [-0.1, -0.05) is 23.4 Å². The summed E-state index contributed by atoms with van der Waals surface area (Å²) in [5.74, 6) is 1.72. The van der Waals surface area contributed by atoms with Crippen LogP contribution in [-0.2, 0) is 17.9 Å². The molecule has 3 rings (SSSR count). The lowest BCUT2D eigenvalue weighted by molar-refractivity contribution is -0.0000120. The molecular formula is C20H29N3O4. The van der Waals surface area contributed by atoms with Crippen LogP contribution in [0.2, 0.25) is 0 Å². The molecule has 0 amide bonds. The molecular weight excluding hydrogens is 346 g/mol. The highest BCUT2D eigenvalue weighted by atomic mass is 16.5. The van der Waals surface area contributed by atoms with Crippen LogP contribution in [-0.4, -0.2) is 72.6 Å². The zero-order valence-corrected chi connectivity index (χ0v) is 16.1. The standard InChI is InChI=1S/C20H29N3O4/c1-16-11-19(27-21-16)13-23-9-7-22(8-10-23)12-18(24)15-26-14-17-5-3-4-6-20(17)25-2/h3-6,11,18,24H,7-10,12-15H2,1-2H3. The van der Waals surface area contributed by atoms with Gasteiger partial charge in [0.05, 0.1) is 38.7 Å². The van der Waals surface area contributed by atoms with E-state index in [2.05, 4.69) is 15.0 Å². The lowest BCUT2D eigenvalue weighted by atomic mass is 10.2. The molecule has 1 unspecified atom stereocenters. The molecule has 1 fully saturated rings. The minimum atomic E-state index is -0.497. The van der Waals surface area contributed by atoms with E-state index in [4.69, 9.17) is 14.0 Å². The van der Waals surface area contributed by atoms with Gasteiger partial charge in [-0.25, -0.2) is 0 Å². The highest BCUT2D eigenvalue weighted by Crippen LogP contribution is 2.18. The molecule has 27 heavy (non-hydrogen) atoms. The number of aromatic nitrogens is 1. The number of para-hydroxylation sites is 1. The molecule has 7 nitrogen and oxygen atoms in total. The van der Waals surface area contributed by atoms with Crippen LogP contribution in [0.15, 0.2) is 34.9 Å². The molecule has 7 heteroatoms. The monoisotopic (exact) mass is 375 g/mol. The fourth-order valence-electron chi connectivity index (χ4n) is 3.32. The number of nitrogens with zero attached hydrogens (tertiary/aromatic N) is 3. The average molecular weight is 375 g/mol. The number of β-amino-alcohol motifs (C(OH)–C–C–N with tert-alkyl or cyclic N) is 1. The summed E-state index contributed by atoms with van der Waals surface area (Å²) >= 11 is 0. The number of hydrogen-bond acceptors (Lipinski definition) is 7. The zero-order valence-electron chi connectivity index (χ0n) is 16.1. The first kappa shape index (κ1) is 19.8. The van der Waals surface area contributed by atoms with Crippen LogP contribution in [0.1, 0.15) is 17.0 Å². The van der Waals surface area contributed by atoms with Crippen molar-refractivity contribution in [3.05, 3.63) is 47.3 Å². The summed E-state index contributed by atoms with van der Waals surface area (Å²) in [6, 6.07) is 9.75. The van der Waals surface area contributed by atoms with E-state index in [1.165, 1.54) is 0 Å². The van der Waals surface area contributed by atoms with Crippen molar-refractivity contribution in [3.8, 4) is 5.75 Å². The maximum atomic E-state index is 10.3. The predicted molar refractivity (Wildman–Crippen MR) is 102 cm³/mol. The molecule has 1 aliphatic rings. The Labute approximate surface area is 160 Å². The number of piperazine rings is 1. The van der Waals surface area contributed by atoms with Gasteiger partial charge in [-0.3, -0.25) is 9.80 Å². The van der Waals surface area contributed by atoms with Gasteiger partial charge in [-0.2, -0.15) is 0 Å². The van der Waals surface area contributed by atoms with Gasteiger partial charge in [-0.05, 0) is 13.0 Å². The molecule has 0 spiro atoms. The van der Waals surface area contributed by atoms with Crippen LogP contribution in [0, 0.1) is 6.92 Å². The van der Waals surface area contributed by atoms with Crippen LogP contribution in [0.3, 0.4) is 0 Å². The zero-order chi connectivity index (χ0) is 19.1. The Morgan fingerprint density at radius 2 is 1.93 bits per heavy atom. The first-order valence-corrected chi connectivity index (χ1v) is 9.38. The third-order valence-corrected chi connectivity index (χ3v) is 4.75. The molecule has 1 aromatic carbocycles. The third kappa shape index (κ3) is 6.04. The van der Waals surface area contributed by atoms with Crippen molar-refractivity contribution < 1.29 is 19.1 Å². The summed E-state index contributed by atoms with van der Waals surface area (Å²) in [7, 11) is 1.65. The van der Waals surface area contributed by atoms with Gasteiger partial charge >= 0.3 is 0 Å². The third-order valence-electron chi connectivity index (χ3n) is 4.75. The Morgan fingerprint density at radius 1 is 1.19 bits per heavy atom. The summed E-state index contributed by atoms with van der Waals surface area (Å²) in [5, 5.41) is 14.2. The topological polar surface area (TPSA) is 71.2 Å². The van der Waals surface area contributed by atoms with Crippen molar-refractivity contribution in [2.24, 2.45) is 0 Å². The van der Waals surface area contributed by atoms with Gasteiger partial charge < -0.3 is 19.1 Å². The van der Waals surface area contributed by atoms with E-state index in [9.17, 15) is 5.11 Å². The number of aryl methyl sites for hydroxylation is 1. The fourth-order valence-corrected chi connectivity index (χ4v) is 3.32. The molecule has 2 aromatic rings. The lowest BCUT2D eigenvalue weighted by Crippen LogP contribution is -2.48. The summed E-state index contributed by atoms with van der Waals surface area (Å²) in [6.07, 6.45) is -0.497. The second-order valence-electron chi connectivity index (χ2n) is 6.99. The minimum Gasteiger partial charge on any atom is -0.496 e. The molecule has 1 N–H and O–H groups in total. The van der Waals surface area contributed by atoms with Gasteiger partial charge in [0.15, 0.2) is 5.76 Å². The molecule has 0 radical (unpaired) electrons. The molecule has 1 atom stereocenters. The van der Waals surface area contributed by atoms with Crippen molar-refractivity contribution >= 4 is 0 Å². The second-order valence-corrected chi connectivity index (χ2v) is 6.99. The fraction of sp³-hybridized carbons (Fsp3) is 0.550. The van der Waals surface area contributed by atoms with Crippen LogP contribution >= 0.6 is 0 Å². The van der Waals surface area contributed by atoms with E-state index in [0.717, 1.165) is 55.5 Å². The Bertz CT molecular complexity index is 698. The number of rotatable bonds is 9. The number of ether oxygens (including phenoxy) is 2. The van der Waals surface area contributed by atoms with E-state index >= 15 is 0 Å². The minimum absolute atomic E-state index is 0.315. The summed E-state index contributed by atoms with van der Waals surface area (Å²) in [5.41, 5.74) is 1.91. The van der Waals surface area contributed by atoms with E-state index in [1.54, 1.807) is 7.11 Å². The number of aliphatic hydroxyl groups is 1. The van der Waals surface area contributed by atoms with Gasteiger partial charge in [-0.15, -0.1) is 0 Å². The van der Waals surface area contributed by atoms with Gasteiger partial charge in [0.25, 0.3) is 0 Å². The van der Waals surface area contributed by atoms with Gasteiger partial charge in [0, 0.05) is 44.4 Å². The Kier molecular flexibility index (Phi) is 7.23. The van der Waals surface area contributed by atoms with E-state index in [1.807, 2.05) is 37.3 Å². The lowest BCUT2D eigenvalue weighted by Gasteiger charge is -2.35. The molecule has 0 bridgehead atoms. The molecule has 0 saturated carbocycles. The molecule has 0 aliphatic carbocycles. The van der Waals surface area contributed by atoms with Crippen molar-refractivity contribution in [1.29, 1.82) is 0 Å². The van der Waals surface area contributed by atoms with Crippen LogP contribution in [0.5, 0.6) is 5.75 Å². The molecule has 1 aliphatic heterocycles. The molecule has 1 aromatic heterocycles. The van der Waals surface area contributed by atoms with E-state index in [0.29, 0.717) is 19.8 Å². The van der Waals surface area contributed by atoms with E-state index < -0.39 is 6.10 Å². The Balaban J connectivity index is 1.34. The van der Waals surface area contributed by atoms with Crippen LogP contribution in [0.25, 0.3) is 0 Å². The SMILES string of the molecule is COc1ccccc1COCC(O)CN1CCN(Cc2cc(C)no2)CC1. The largest absolute Gasteiger partial charge is 0.496 e. The van der Waals surface area contributed by atoms with Crippen LogP contribution in [0.4, 0.5) is 0 Å². The Morgan fingerprint density at radius 3 is 2.63 bits per heavy atom. The van der Waals surface area contributed by atoms with Gasteiger partial charge in [0.1, 0.15) is 5.75 Å². The van der Waals surface area contributed by atoms with Crippen molar-refractivity contribution in [2.75, 3.05) is 46.4 Å². The number of hydrogen-bond donors (Lipinski definition) is 1. The summed E-state index contributed by atoms with van der Waals surface area (Å²) in [4.78, 5) is 4.63. The average Bonchev–Trinajstić information content (AvgIpc) is 3.08. The first-order chi connectivity index (χ1) is 13.1. The van der Waals surface area contributed by atoms with Crippen molar-refractivity contribution in [1.82, 2.24) is 15.0 Å². The van der Waals surface area contributed by atoms with Crippen molar-refractivity contribution in [2.45, 2.75) is 26.2 Å². The summed E-state index contributed by atoms with van der Waals surface area (Å²) in [6.45, 7) is 7.86. The number of benzene rings is 1. The Hall–Kier alpha value is -1.93. The first-order valence-electron chi connectivity index (χ1n) is 9.38. The quantitative estimate of drug-likeness (QED) is 0.715. The smallest absolute Gasteiger partial charge is 0.150 e. The maximum Gasteiger partial charge on any atom is 0.150 e. The van der Waals surface area contributed by atoms with E-state index in [-0.39, 0.29) is 0 Å². The number of aliphatic hydroxyl groups excluding tert-OH is 1. The highest BCUT2D eigenvalue weighted by molar-refractivity contribution is 5.32. The van der Waals surface area contributed by atoms with Gasteiger partial charge in [0.2, 0.25) is 0 Å². The van der Waals surface area contributed by atoms with Crippen LogP contribution < -0.4 is 4.74 Å².